The predicted octanol–water partition coefficient (Wildman–Crippen LogP) is 2.32. The van der Waals surface area contributed by atoms with E-state index in [1.54, 1.807) is 0 Å². The number of nitrogens with two attached hydrogens (primary N) is 1. The molecule has 0 aromatic heterocycles. The van der Waals surface area contributed by atoms with Gasteiger partial charge in [0.15, 0.2) is 0 Å². The number of halogens is 1. The Bertz CT molecular complexity index is 233. The van der Waals surface area contributed by atoms with Gasteiger partial charge in [0.2, 0.25) is 0 Å². The van der Waals surface area contributed by atoms with Crippen molar-refractivity contribution in [1.82, 2.24) is 0 Å². The third kappa shape index (κ3) is 1.42. The maximum absolute atomic E-state index is 5.64. The summed E-state index contributed by atoms with van der Waals surface area (Å²) in [6, 6.07) is 5.75. The van der Waals surface area contributed by atoms with Gasteiger partial charge in [0.25, 0.3) is 0 Å². The summed E-state index contributed by atoms with van der Waals surface area (Å²) in [4.78, 5) is 0. The topological polar surface area (TPSA) is 26.0 Å². The van der Waals surface area contributed by atoms with Gasteiger partial charge in [0, 0.05) is 11.6 Å². The van der Waals surface area contributed by atoms with Crippen molar-refractivity contribution in [2.45, 2.75) is 12.8 Å². The van der Waals surface area contributed by atoms with Crippen molar-refractivity contribution in [2.75, 3.05) is 5.73 Å². The van der Waals surface area contributed by atoms with E-state index < -0.39 is 0 Å². The van der Waals surface area contributed by atoms with Crippen molar-refractivity contribution in [2.24, 2.45) is 0 Å². The van der Waals surface area contributed by atoms with Gasteiger partial charge in [-0.1, -0.05) is 6.07 Å². The van der Waals surface area contributed by atoms with Crippen LogP contribution in [-0.2, 0) is 5.88 Å². The Morgan fingerprint density at radius 3 is 2.70 bits per heavy atom. The SMILES string of the molecule is Cc1cc(N)ccc1CCl. The first-order chi connectivity index (χ1) is 4.74. The molecule has 0 spiro atoms. The van der Waals surface area contributed by atoms with Gasteiger partial charge in [-0.05, 0) is 30.2 Å². The van der Waals surface area contributed by atoms with Crippen LogP contribution >= 0.6 is 11.6 Å². The maximum Gasteiger partial charge on any atom is 0.0476 e. The van der Waals surface area contributed by atoms with Crippen LogP contribution in [-0.4, -0.2) is 0 Å². The molecule has 0 aliphatic carbocycles. The highest BCUT2D eigenvalue weighted by Gasteiger charge is 1.94. The molecule has 1 aromatic rings. The van der Waals surface area contributed by atoms with Gasteiger partial charge in [-0.15, -0.1) is 11.6 Å². The fourth-order valence-corrected chi connectivity index (χ4v) is 1.17. The highest BCUT2D eigenvalue weighted by atomic mass is 35.5. The van der Waals surface area contributed by atoms with Crippen molar-refractivity contribution in [3.8, 4) is 0 Å². The summed E-state index contributed by atoms with van der Waals surface area (Å²) in [7, 11) is 0. The zero-order valence-electron chi connectivity index (χ0n) is 5.89. The molecule has 2 heteroatoms. The summed E-state index contributed by atoms with van der Waals surface area (Å²) >= 11 is 5.64. The maximum atomic E-state index is 5.64. The third-order valence-electron chi connectivity index (χ3n) is 1.51. The summed E-state index contributed by atoms with van der Waals surface area (Å²) in [6.45, 7) is 2.01. The molecule has 1 rings (SSSR count). The van der Waals surface area contributed by atoms with Crippen molar-refractivity contribution in [3.63, 3.8) is 0 Å². The van der Waals surface area contributed by atoms with Gasteiger partial charge in [-0.2, -0.15) is 0 Å². The second kappa shape index (κ2) is 2.93. The molecule has 0 heterocycles. The van der Waals surface area contributed by atoms with Crippen molar-refractivity contribution < 1.29 is 0 Å². The van der Waals surface area contributed by atoms with Gasteiger partial charge >= 0.3 is 0 Å². The summed E-state index contributed by atoms with van der Waals surface area (Å²) in [6.07, 6.45) is 0. The lowest BCUT2D eigenvalue weighted by Crippen LogP contribution is -1.88. The Labute approximate surface area is 65.8 Å². The Morgan fingerprint density at radius 1 is 1.50 bits per heavy atom. The number of aryl methyl sites for hydroxylation is 1. The lowest BCUT2D eigenvalue weighted by atomic mass is 10.1. The van der Waals surface area contributed by atoms with Crippen LogP contribution < -0.4 is 5.73 Å². The largest absolute Gasteiger partial charge is 0.399 e. The number of hydrogen-bond donors (Lipinski definition) is 1. The van der Waals surface area contributed by atoms with Crippen LogP contribution in [0.15, 0.2) is 18.2 Å². The zero-order chi connectivity index (χ0) is 7.56. The van der Waals surface area contributed by atoms with E-state index in [2.05, 4.69) is 0 Å². The molecule has 0 aliphatic heterocycles. The number of alkyl halides is 1. The van der Waals surface area contributed by atoms with E-state index in [0.29, 0.717) is 5.88 Å². The molecule has 0 bridgehead atoms. The first-order valence-corrected chi connectivity index (χ1v) is 3.68. The molecule has 2 N–H and O–H groups in total. The van der Waals surface area contributed by atoms with Crippen LogP contribution in [0.4, 0.5) is 5.69 Å². The molecule has 1 nitrogen and oxygen atoms in total. The highest BCUT2D eigenvalue weighted by Crippen LogP contribution is 2.13. The smallest absolute Gasteiger partial charge is 0.0476 e. The fraction of sp³-hybridized carbons (Fsp3) is 0.250. The molecule has 10 heavy (non-hydrogen) atoms. The summed E-state index contributed by atoms with van der Waals surface area (Å²) < 4.78 is 0. The third-order valence-corrected chi connectivity index (χ3v) is 1.80. The second-order valence-corrected chi connectivity index (χ2v) is 2.59. The molecule has 0 saturated heterocycles. The molecular weight excluding hydrogens is 146 g/mol. The van der Waals surface area contributed by atoms with Crippen LogP contribution in [0.25, 0.3) is 0 Å². The number of anilines is 1. The Morgan fingerprint density at radius 2 is 2.20 bits per heavy atom. The molecule has 0 atom stereocenters. The average molecular weight is 156 g/mol. The average Bonchev–Trinajstić information content (AvgIpc) is 1.88. The van der Waals surface area contributed by atoms with Crippen LogP contribution in [0, 0.1) is 6.92 Å². The van der Waals surface area contributed by atoms with Gasteiger partial charge in [0.05, 0.1) is 0 Å². The van der Waals surface area contributed by atoms with Crippen LogP contribution in [0.1, 0.15) is 11.1 Å². The normalized spacial score (nSPS) is 9.80. The molecule has 1 aromatic carbocycles. The number of benzene rings is 1. The molecule has 0 aliphatic rings. The van der Waals surface area contributed by atoms with E-state index in [-0.39, 0.29) is 0 Å². The van der Waals surface area contributed by atoms with E-state index >= 15 is 0 Å². The first-order valence-electron chi connectivity index (χ1n) is 3.15. The minimum absolute atomic E-state index is 0.562. The Balaban J connectivity index is 3.07. The van der Waals surface area contributed by atoms with Crippen LogP contribution in [0.5, 0.6) is 0 Å². The van der Waals surface area contributed by atoms with Crippen molar-refractivity contribution in [1.29, 1.82) is 0 Å². The second-order valence-electron chi connectivity index (χ2n) is 2.32. The van der Waals surface area contributed by atoms with E-state index in [1.807, 2.05) is 25.1 Å². The van der Waals surface area contributed by atoms with Gasteiger partial charge in [-0.3, -0.25) is 0 Å². The lowest BCUT2D eigenvalue weighted by molar-refractivity contribution is 1.30. The minimum atomic E-state index is 0.562. The number of hydrogen-bond acceptors (Lipinski definition) is 1. The minimum Gasteiger partial charge on any atom is -0.399 e. The molecule has 0 unspecified atom stereocenters. The molecule has 0 saturated carbocycles. The highest BCUT2D eigenvalue weighted by molar-refractivity contribution is 6.17. The molecule has 0 fully saturated rings. The van der Waals surface area contributed by atoms with E-state index in [9.17, 15) is 0 Å². The standard InChI is InChI=1S/C8H10ClN/c1-6-4-8(10)3-2-7(6)5-9/h2-4H,5,10H2,1H3. The van der Waals surface area contributed by atoms with E-state index in [0.717, 1.165) is 16.8 Å². The van der Waals surface area contributed by atoms with Crippen LogP contribution in [0.2, 0.25) is 0 Å². The number of rotatable bonds is 1. The van der Waals surface area contributed by atoms with Gasteiger partial charge in [0.1, 0.15) is 0 Å². The molecular formula is C8H10ClN. The summed E-state index contributed by atoms with van der Waals surface area (Å²) in [5.74, 6) is 0.562. The van der Waals surface area contributed by atoms with Gasteiger partial charge < -0.3 is 5.73 Å². The molecule has 0 radical (unpaired) electrons. The monoisotopic (exact) mass is 155 g/mol. The van der Waals surface area contributed by atoms with Gasteiger partial charge in [-0.25, -0.2) is 0 Å². The van der Waals surface area contributed by atoms with Crippen molar-refractivity contribution >= 4 is 17.3 Å². The zero-order valence-corrected chi connectivity index (χ0v) is 6.65. The van der Waals surface area contributed by atoms with Crippen molar-refractivity contribution in [3.05, 3.63) is 29.3 Å². The quantitative estimate of drug-likeness (QED) is 0.489. The Kier molecular flexibility index (Phi) is 2.17. The molecule has 0 amide bonds. The predicted molar refractivity (Wildman–Crippen MR) is 45.1 cm³/mol. The summed E-state index contributed by atoms with van der Waals surface area (Å²) in [5.41, 5.74) is 8.65. The number of nitrogen functional groups attached to an aromatic ring is 1. The van der Waals surface area contributed by atoms with Crippen LogP contribution in [0.3, 0.4) is 0 Å². The summed E-state index contributed by atoms with van der Waals surface area (Å²) in [5, 5.41) is 0. The lowest BCUT2D eigenvalue weighted by Gasteiger charge is -2.01. The first kappa shape index (κ1) is 7.42. The van der Waals surface area contributed by atoms with E-state index in [1.165, 1.54) is 0 Å². The van der Waals surface area contributed by atoms with E-state index in [4.69, 9.17) is 17.3 Å². The fourth-order valence-electron chi connectivity index (χ4n) is 0.869. The Hall–Kier alpha value is -0.690. The molecule has 54 valence electrons.